The molecule has 3 aromatic rings. The fourth-order valence-corrected chi connectivity index (χ4v) is 3.20. The number of hydrogen-bond acceptors (Lipinski definition) is 2. The van der Waals surface area contributed by atoms with Crippen molar-refractivity contribution < 1.29 is 22.7 Å². The number of aromatic nitrogens is 1. The standard InChI is InChI=1S/C21H18F3NO2/c1-12-5-10-18-17(11-12)19(15-6-8-16(27-4)9-7-15)20(25(18)14(3)26)13(2)21(22,23)24/h5-11H,2H2,1,3-4H3. The molecule has 0 radical (unpaired) electrons. The molecule has 0 atom stereocenters. The molecule has 0 aliphatic rings. The van der Waals surface area contributed by atoms with Crippen LogP contribution in [0, 0.1) is 6.92 Å². The van der Waals surface area contributed by atoms with Crippen molar-refractivity contribution in [2.24, 2.45) is 0 Å². The van der Waals surface area contributed by atoms with E-state index in [2.05, 4.69) is 6.58 Å². The van der Waals surface area contributed by atoms with Gasteiger partial charge in [-0.15, -0.1) is 0 Å². The lowest BCUT2D eigenvalue weighted by atomic mass is 9.98. The largest absolute Gasteiger partial charge is 0.497 e. The van der Waals surface area contributed by atoms with Gasteiger partial charge in [0.15, 0.2) is 0 Å². The van der Waals surface area contributed by atoms with Crippen molar-refractivity contribution in [1.29, 1.82) is 0 Å². The van der Waals surface area contributed by atoms with Crippen LogP contribution in [0.1, 0.15) is 23.0 Å². The third-order valence-electron chi connectivity index (χ3n) is 4.44. The highest BCUT2D eigenvalue weighted by atomic mass is 19.4. The van der Waals surface area contributed by atoms with Crippen LogP contribution in [0.15, 0.2) is 49.0 Å². The Hall–Kier alpha value is -3.02. The monoisotopic (exact) mass is 373 g/mol. The van der Waals surface area contributed by atoms with Crippen LogP contribution in [-0.4, -0.2) is 23.8 Å². The molecule has 1 heterocycles. The zero-order chi connectivity index (χ0) is 19.9. The quantitative estimate of drug-likeness (QED) is 0.576. The zero-order valence-corrected chi connectivity index (χ0v) is 15.1. The van der Waals surface area contributed by atoms with Gasteiger partial charge in [0, 0.05) is 17.9 Å². The van der Waals surface area contributed by atoms with Crippen LogP contribution >= 0.6 is 0 Å². The molecule has 0 saturated heterocycles. The topological polar surface area (TPSA) is 31.2 Å². The number of alkyl halides is 3. The summed E-state index contributed by atoms with van der Waals surface area (Å²) in [6.07, 6.45) is -4.67. The third-order valence-corrected chi connectivity index (χ3v) is 4.44. The lowest BCUT2D eigenvalue weighted by Gasteiger charge is -2.15. The van der Waals surface area contributed by atoms with Crippen molar-refractivity contribution in [2.75, 3.05) is 7.11 Å². The van der Waals surface area contributed by atoms with E-state index < -0.39 is 17.7 Å². The van der Waals surface area contributed by atoms with Gasteiger partial charge in [0.05, 0.1) is 23.9 Å². The number of allylic oxidation sites excluding steroid dienone is 1. The summed E-state index contributed by atoms with van der Waals surface area (Å²) in [5, 5.41) is 0.566. The molecular formula is C21H18F3NO2. The number of benzene rings is 2. The lowest BCUT2D eigenvalue weighted by molar-refractivity contribution is -0.0689. The van der Waals surface area contributed by atoms with Crippen molar-refractivity contribution in [3.8, 4) is 16.9 Å². The molecule has 6 heteroatoms. The molecule has 27 heavy (non-hydrogen) atoms. The van der Waals surface area contributed by atoms with Gasteiger partial charge < -0.3 is 4.74 Å². The number of ether oxygens (including phenoxy) is 1. The smallest absolute Gasteiger partial charge is 0.417 e. The predicted octanol–water partition coefficient (Wildman–Crippen LogP) is 5.86. The summed E-state index contributed by atoms with van der Waals surface area (Å²) in [4.78, 5) is 12.3. The molecule has 3 rings (SSSR count). The van der Waals surface area contributed by atoms with E-state index in [4.69, 9.17) is 4.74 Å². The van der Waals surface area contributed by atoms with E-state index in [9.17, 15) is 18.0 Å². The van der Waals surface area contributed by atoms with E-state index in [1.165, 1.54) is 14.0 Å². The first-order valence-electron chi connectivity index (χ1n) is 8.22. The molecule has 0 amide bonds. The maximum absolute atomic E-state index is 13.6. The molecule has 0 fully saturated rings. The number of halogens is 3. The Balaban J connectivity index is 2.46. The lowest BCUT2D eigenvalue weighted by Crippen LogP contribution is -2.17. The van der Waals surface area contributed by atoms with Crippen LogP contribution in [0.2, 0.25) is 0 Å². The van der Waals surface area contributed by atoms with Crippen LogP contribution in [0.4, 0.5) is 13.2 Å². The van der Waals surface area contributed by atoms with Crippen molar-refractivity contribution in [3.63, 3.8) is 0 Å². The number of carbonyl (C=O) groups excluding carboxylic acids is 1. The second kappa shape index (κ2) is 6.61. The third kappa shape index (κ3) is 3.23. The van der Waals surface area contributed by atoms with Gasteiger partial charge in [0.25, 0.3) is 0 Å². The van der Waals surface area contributed by atoms with Crippen LogP contribution < -0.4 is 4.74 Å². The summed E-state index contributed by atoms with van der Waals surface area (Å²) in [6.45, 7) is 6.34. The average molecular weight is 373 g/mol. The first kappa shape index (κ1) is 18.8. The molecule has 0 bridgehead atoms. The highest BCUT2D eigenvalue weighted by Crippen LogP contribution is 2.43. The van der Waals surface area contributed by atoms with Gasteiger partial charge in [-0.05, 0) is 36.8 Å². The van der Waals surface area contributed by atoms with Crippen LogP contribution in [-0.2, 0) is 0 Å². The summed E-state index contributed by atoms with van der Waals surface area (Å²) >= 11 is 0. The van der Waals surface area contributed by atoms with Gasteiger partial charge in [-0.1, -0.05) is 30.3 Å². The van der Waals surface area contributed by atoms with Crippen molar-refractivity contribution in [2.45, 2.75) is 20.0 Å². The fourth-order valence-electron chi connectivity index (χ4n) is 3.20. The summed E-state index contributed by atoms with van der Waals surface area (Å²) in [6, 6.07) is 11.9. The van der Waals surface area contributed by atoms with Crippen LogP contribution in [0.25, 0.3) is 27.6 Å². The molecule has 140 valence electrons. The highest BCUT2D eigenvalue weighted by Gasteiger charge is 2.38. The van der Waals surface area contributed by atoms with Crippen LogP contribution in [0.5, 0.6) is 5.75 Å². The Kier molecular flexibility index (Phi) is 4.59. The minimum Gasteiger partial charge on any atom is -0.497 e. The van der Waals surface area contributed by atoms with E-state index in [0.29, 0.717) is 27.8 Å². The van der Waals surface area contributed by atoms with E-state index >= 15 is 0 Å². The Labute approximate surface area is 154 Å². The SMILES string of the molecule is C=C(c1c(-c2ccc(OC)cc2)c2cc(C)ccc2n1C(C)=O)C(F)(F)F. The number of aryl methyl sites for hydroxylation is 1. The molecule has 0 saturated carbocycles. The molecule has 2 aromatic carbocycles. The van der Waals surface area contributed by atoms with Gasteiger partial charge in [-0.3, -0.25) is 9.36 Å². The van der Waals surface area contributed by atoms with Gasteiger partial charge in [-0.2, -0.15) is 13.2 Å². The Bertz CT molecular complexity index is 1040. The number of rotatable bonds is 3. The Morgan fingerprint density at radius 1 is 1.11 bits per heavy atom. The number of methoxy groups -OCH3 is 1. The zero-order valence-electron chi connectivity index (χ0n) is 15.1. The molecule has 0 aliphatic heterocycles. The molecule has 3 nitrogen and oxygen atoms in total. The van der Waals surface area contributed by atoms with Gasteiger partial charge in [-0.25, -0.2) is 0 Å². The molecule has 0 N–H and O–H groups in total. The summed E-state index contributed by atoms with van der Waals surface area (Å²) < 4.78 is 46.9. The highest BCUT2D eigenvalue weighted by molar-refractivity contribution is 6.08. The Morgan fingerprint density at radius 2 is 1.74 bits per heavy atom. The van der Waals surface area contributed by atoms with Gasteiger partial charge in [0.1, 0.15) is 5.75 Å². The predicted molar refractivity (Wildman–Crippen MR) is 100 cm³/mol. The van der Waals surface area contributed by atoms with Crippen LogP contribution in [0.3, 0.4) is 0 Å². The molecule has 0 spiro atoms. The van der Waals surface area contributed by atoms with E-state index in [1.807, 2.05) is 6.92 Å². The minimum absolute atomic E-state index is 0.235. The van der Waals surface area contributed by atoms with E-state index in [1.54, 1.807) is 42.5 Å². The minimum atomic E-state index is -4.67. The van der Waals surface area contributed by atoms with Gasteiger partial charge >= 0.3 is 6.18 Å². The molecule has 0 unspecified atom stereocenters. The second-order valence-electron chi connectivity index (χ2n) is 6.30. The molecule has 1 aromatic heterocycles. The van der Waals surface area contributed by atoms with E-state index in [0.717, 1.165) is 10.1 Å². The van der Waals surface area contributed by atoms with Gasteiger partial charge in [0.2, 0.25) is 5.91 Å². The maximum atomic E-state index is 13.6. The second-order valence-corrected chi connectivity index (χ2v) is 6.30. The average Bonchev–Trinajstić information content (AvgIpc) is 2.94. The summed E-state index contributed by atoms with van der Waals surface area (Å²) in [5.74, 6) is 0.0745. The van der Waals surface area contributed by atoms with Crippen molar-refractivity contribution in [1.82, 2.24) is 4.57 Å². The number of fused-ring (bicyclic) bond motifs is 1. The first-order chi connectivity index (χ1) is 12.6. The first-order valence-corrected chi connectivity index (χ1v) is 8.22. The number of nitrogens with zero attached hydrogens (tertiary/aromatic N) is 1. The summed E-state index contributed by atoms with van der Waals surface area (Å²) in [5.41, 5.74) is 0.875. The van der Waals surface area contributed by atoms with Crippen molar-refractivity contribution in [3.05, 3.63) is 60.3 Å². The Morgan fingerprint density at radius 3 is 2.26 bits per heavy atom. The summed E-state index contributed by atoms with van der Waals surface area (Å²) in [7, 11) is 1.51. The molecular weight excluding hydrogens is 355 g/mol. The molecule has 0 aliphatic carbocycles. The normalized spacial score (nSPS) is 11.6. The van der Waals surface area contributed by atoms with E-state index in [-0.39, 0.29) is 5.69 Å². The number of carbonyl (C=O) groups is 1. The maximum Gasteiger partial charge on any atom is 0.417 e. The fraction of sp³-hybridized carbons (Fsp3) is 0.190. The number of hydrogen-bond donors (Lipinski definition) is 0. The van der Waals surface area contributed by atoms with Crippen molar-refractivity contribution >= 4 is 22.4 Å².